The van der Waals surface area contributed by atoms with Crippen LogP contribution in [0.1, 0.15) is 10.4 Å². The highest BCUT2D eigenvalue weighted by molar-refractivity contribution is 6.32. The molecule has 1 aromatic heterocycles. The number of H-pyrrole nitrogens is 1. The normalized spacial score (nSPS) is 10.6. The Kier molecular flexibility index (Phi) is 3.50. The molecule has 0 fully saturated rings. The summed E-state index contributed by atoms with van der Waals surface area (Å²) in [6, 6.07) is 10.4. The summed E-state index contributed by atoms with van der Waals surface area (Å²) in [7, 11) is 1.54. The van der Waals surface area contributed by atoms with Crippen LogP contribution >= 0.6 is 11.6 Å². The standard InChI is InChI=1S/C15H12ClN3O2/c1-21-14-5-4-11(7-12(14)16)18-15(20)9-2-3-10-8-17-19-13(10)6-9/h2-8H,1H3,(H,17,19)(H,18,20). The number of carbonyl (C=O) groups excluding carboxylic acids is 1. The van der Waals surface area contributed by atoms with Gasteiger partial charge in [0.05, 0.1) is 23.8 Å². The minimum atomic E-state index is -0.215. The predicted molar refractivity (Wildman–Crippen MR) is 82.1 cm³/mol. The maximum atomic E-state index is 12.2. The number of ether oxygens (including phenoxy) is 1. The first-order valence-electron chi connectivity index (χ1n) is 6.25. The molecular weight excluding hydrogens is 290 g/mol. The molecule has 3 aromatic rings. The van der Waals surface area contributed by atoms with E-state index in [0.29, 0.717) is 22.0 Å². The van der Waals surface area contributed by atoms with E-state index in [0.717, 1.165) is 10.9 Å². The minimum absolute atomic E-state index is 0.215. The van der Waals surface area contributed by atoms with Gasteiger partial charge in [-0.25, -0.2) is 0 Å². The number of aromatic nitrogens is 2. The molecule has 2 N–H and O–H groups in total. The molecule has 21 heavy (non-hydrogen) atoms. The molecule has 0 saturated carbocycles. The lowest BCUT2D eigenvalue weighted by Gasteiger charge is -2.08. The number of anilines is 1. The summed E-state index contributed by atoms with van der Waals surface area (Å²) in [6.45, 7) is 0. The molecule has 5 nitrogen and oxygen atoms in total. The number of methoxy groups -OCH3 is 1. The van der Waals surface area contributed by atoms with Gasteiger partial charge in [0, 0.05) is 16.6 Å². The lowest BCUT2D eigenvalue weighted by Crippen LogP contribution is -2.11. The largest absolute Gasteiger partial charge is 0.495 e. The van der Waals surface area contributed by atoms with Crippen molar-refractivity contribution in [3.63, 3.8) is 0 Å². The average molecular weight is 302 g/mol. The van der Waals surface area contributed by atoms with E-state index in [9.17, 15) is 4.79 Å². The highest BCUT2D eigenvalue weighted by atomic mass is 35.5. The highest BCUT2D eigenvalue weighted by Gasteiger charge is 2.09. The Morgan fingerprint density at radius 3 is 2.90 bits per heavy atom. The second-order valence-corrected chi connectivity index (χ2v) is 4.88. The van der Waals surface area contributed by atoms with Crippen LogP contribution in [0, 0.1) is 0 Å². The molecule has 0 aliphatic rings. The van der Waals surface area contributed by atoms with Gasteiger partial charge in [-0.05, 0) is 30.3 Å². The van der Waals surface area contributed by atoms with Crippen LogP contribution in [0.3, 0.4) is 0 Å². The van der Waals surface area contributed by atoms with Crippen LogP contribution in [0.25, 0.3) is 10.9 Å². The fraction of sp³-hybridized carbons (Fsp3) is 0.0667. The van der Waals surface area contributed by atoms with Crippen molar-refractivity contribution >= 4 is 34.1 Å². The number of fused-ring (bicyclic) bond motifs is 1. The molecule has 1 heterocycles. The fourth-order valence-electron chi connectivity index (χ4n) is 2.03. The van der Waals surface area contributed by atoms with Gasteiger partial charge in [0.15, 0.2) is 0 Å². The van der Waals surface area contributed by atoms with E-state index < -0.39 is 0 Å². The summed E-state index contributed by atoms with van der Waals surface area (Å²) in [6.07, 6.45) is 1.71. The van der Waals surface area contributed by atoms with Crippen molar-refractivity contribution in [2.24, 2.45) is 0 Å². The number of amides is 1. The van der Waals surface area contributed by atoms with Crippen LogP contribution in [0.4, 0.5) is 5.69 Å². The Labute approximate surface area is 125 Å². The third-order valence-corrected chi connectivity index (χ3v) is 3.41. The van der Waals surface area contributed by atoms with Crippen molar-refractivity contribution in [1.29, 1.82) is 0 Å². The third kappa shape index (κ3) is 2.68. The van der Waals surface area contributed by atoms with Gasteiger partial charge in [0.25, 0.3) is 5.91 Å². The molecule has 3 rings (SSSR count). The highest BCUT2D eigenvalue weighted by Crippen LogP contribution is 2.27. The summed E-state index contributed by atoms with van der Waals surface area (Å²) in [5.41, 5.74) is 1.96. The number of nitrogens with one attached hydrogen (secondary N) is 2. The second-order valence-electron chi connectivity index (χ2n) is 4.48. The second kappa shape index (κ2) is 5.46. The summed E-state index contributed by atoms with van der Waals surface area (Å²) >= 11 is 6.03. The molecule has 0 aliphatic carbocycles. The van der Waals surface area contributed by atoms with E-state index in [4.69, 9.17) is 16.3 Å². The van der Waals surface area contributed by atoms with Gasteiger partial charge >= 0.3 is 0 Å². The van der Waals surface area contributed by atoms with Crippen LogP contribution in [-0.2, 0) is 0 Å². The summed E-state index contributed by atoms with van der Waals surface area (Å²) < 4.78 is 5.07. The smallest absolute Gasteiger partial charge is 0.255 e. The van der Waals surface area contributed by atoms with Gasteiger partial charge in [-0.1, -0.05) is 17.7 Å². The van der Waals surface area contributed by atoms with Gasteiger partial charge in [-0.15, -0.1) is 0 Å². The zero-order chi connectivity index (χ0) is 14.8. The van der Waals surface area contributed by atoms with E-state index in [1.807, 2.05) is 6.07 Å². The third-order valence-electron chi connectivity index (χ3n) is 3.11. The van der Waals surface area contributed by atoms with Crippen LogP contribution in [0.15, 0.2) is 42.6 Å². The first kappa shape index (κ1) is 13.5. The fourth-order valence-corrected chi connectivity index (χ4v) is 2.28. The molecule has 106 valence electrons. The molecule has 0 atom stereocenters. The maximum absolute atomic E-state index is 12.2. The molecule has 0 spiro atoms. The number of benzene rings is 2. The lowest BCUT2D eigenvalue weighted by molar-refractivity contribution is 0.102. The van der Waals surface area contributed by atoms with E-state index in [-0.39, 0.29) is 5.91 Å². The van der Waals surface area contributed by atoms with Gasteiger partial charge in [-0.2, -0.15) is 5.10 Å². The lowest BCUT2D eigenvalue weighted by atomic mass is 10.1. The Bertz CT molecular complexity index is 814. The topological polar surface area (TPSA) is 67.0 Å². The molecule has 1 amide bonds. The summed E-state index contributed by atoms with van der Waals surface area (Å²) in [4.78, 5) is 12.2. The number of hydrogen-bond acceptors (Lipinski definition) is 3. The van der Waals surface area contributed by atoms with Gasteiger partial charge in [0.2, 0.25) is 0 Å². The van der Waals surface area contributed by atoms with Crippen molar-refractivity contribution in [3.8, 4) is 5.75 Å². The van der Waals surface area contributed by atoms with Crippen LogP contribution in [-0.4, -0.2) is 23.2 Å². The number of hydrogen-bond donors (Lipinski definition) is 2. The van der Waals surface area contributed by atoms with Crippen LogP contribution in [0.5, 0.6) is 5.75 Å². The Hall–Kier alpha value is -2.53. The van der Waals surface area contributed by atoms with Crippen molar-refractivity contribution in [2.75, 3.05) is 12.4 Å². The number of rotatable bonds is 3. The van der Waals surface area contributed by atoms with Crippen molar-refractivity contribution in [1.82, 2.24) is 10.2 Å². The summed E-state index contributed by atoms with van der Waals surface area (Å²) in [5, 5.41) is 11.0. The van der Waals surface area contributed by atoms with E-state index >= 15 is 0 Å². The zero-order valence-electron chi connectivity index (χ0n) is 11.2. The number of nitrogens with zero attached hydrogens (tertiary/aromatic N) is 1. The average Bonchev–Trinajstić information content (AvgIpc) is 2.94. The monoisotopic (exact) mass is 301 g/mol. The molecule has 0 unspecified atom stereocenters. The molecular formula is C15H12ClN3O2. The summed E-state index contributed by atoms with van der Waals surface area (Å²) in [5.74, 6) is 0.348. The minimum Gasteiger partial charge on any atom is -0.495 e. The predicted octanol–water partition coefficient (Wildman–Crippen LogP) is 3.48. The van der Waals surface area contributed by atoms with Gasteiger partial charge in [0.1, 0.15) is 5.75 Å². The Morgan fingerprint density at radius 1 is 1.29 bits per heavy atom. The molecule has 0 saturated heterocycles. The SMILES string of the molecule is COc1ccc(NC(=O)c2ccc3cn[nH]c3c2)cc1Cl. The van der Waals surface area contributed by atoms with Crippen LogP contribution < -0.4 is 10.1 Å². The number of halogens is 1. The Morgan fingerprint density at radius 2 is 2.14 bits per heavy atom. The quantitative estimate of drug-likeness (QED) is 0.778. The van der Waals surface area contributed by atoms with E-state index in [2.05, 4.69) is 15.5 Å². The van der Waals surface area contributed by atoms with E-state index in [1.165, 1.54) is 0 Å². The molecule has 2 aromatic carbocycles. The van der Waals surface area contributed by atoms with Crippen molar-refractivity contribution in [2.45, 2.75) is 0 Å². The molecule has 0 radical (unpaired) electrons. The maximum Gasteiger partial charge on any atom is 0.255 e. The number of aromatic amines is 1. The molecule has 0 aliphatic heterocycles. The van der Waals surface area contributed by atoms with Crippen LogP contribution in [0.2, 0.25) is 5.02 Å². The zero-order valence-corrected chi connectivity index (χ0v) is 11.9. The van der Waals surface area contributed by atoms with Gasteiger partial charge in [-0.3, -0.25) is 9.89 Å². The molecule has 6 heteroatoms. The van der Waals surface area contributed by atoms with E-state index in [1.54, 1.807) is 43.6 Å². The first-order chi connectivity index (χ1) is 10.2. The first-order valence-corrected chi connectivity index (χ1v) is 6.63. The molecule has 0 bridgehead atoms. The van der Waals surface area contributed by atoms with Crippen molar-refractivity contribution in [3.05, 3.63) is 53.2 Å². The van der Waals surface area contributed by atoms with Gasteiger partial charge < -0.3 is 10.1 Å². The Balaban J connectivity index is 1.83. The number of carbonyl (C=O) groups is 1. The van der Waals surface area contributed by atoms with Crippen molar-refractivity contribution < 1.29 is 9.53 Å².